The number of nitrogens with two attached hydrogens (primary N) is 1. The summed E-state index contributed by atoms with van der Waals surface area (Å²) in [5, 5.41) is 0. The third-order valence-corrected chi connectivity index (χ3v) is 5.01. The van der Waals surface area contributed by atoms with E-state index in [1.165, 1.54) is 17.0 Å². The average Bonchev–Trinajstić information content (AvgIpc) is 2.86. The van der Waals surface area contributed by atoms with E-state index >= 15 is 0 Å². The Balaban J connectivity index is 2.12. The van der Waals surface area contributed by atoms with Crippen molar-refractivity contribution < 1.29 is 4.39 Å². The van der Waals surface area contributed by atoms with Crippen LogP contribution in [0.2, 0.25) is 0 Å². The third kappa shape index (κ3) is 3.87. The van der Waals surface area contributed by atoms with Crippen LogP contribution in [0.5, 0.6) is 0 Å². The minimum atomic E-state index is -0.207. The van der Waals surface area contributed by atoms with E-state index in [-0.39, 0.29) is 11.4 Å². The van der Waals surface area contributed by atoms with Gasteiger partial charge in [-0.05, 0) is 45.0 Å². The molecule has 0 bridgehead atoms. The van der Waals surface area contributed by atoms with Crippen LogP contribution in [0.25, 0.3) is 0 Å². The minimum absolute atomic E-state index is 0.172. The first-order chi connectivity index (χ1) is 9.94. The minimum Gasteiger partial charge on any atom is -0.329 e. The van der Waals surface area contributed by atoms with E-state index in [1.807, 2.05) is 24.6 Å². The van der Waals surface area contributed by atoms with Crippen LogP contribution >= 0.6 is 11.3 Å². The van der Waals surface area contributed by atoms with Crippen LogP contribution in [0.1, 0.15) is 23.1 Å². The molecule has 0 aliphatic rings. The van der Waals surface area contributed by atoms with Gasteiger partial charge >= 0.3 is 0 Å². The smallest absolute Gasteiger partial charge is 0.123 e. The van der Waals surface area contributed by atoms with Crippen molar-refractivity contribution in [2.45, 2.75) is 32.4 Å². The maximum absolute atomic E-state index is 13.0. The summed E-state index contributed by atoms with van der Waals surface area (Å²) >= 11 is 1.67. The standard InChI is InChI=1S/C16H22FN3S/c1-12-15(21-11-19-12)9-20(3)16(2,10-18)8-13-4-6-14(17)7-5-13/h4-7,11H,8-10,18H2,1-3H3. The van der Waals surface area contributed by atoms with Gasteiger partial charge in [0, 0.05) is 23.5 Å². The molecule has 0 fully saturated rings. The molecule has 2 aromatic rings. The van der Waals surface area contributed by atoms with Gasteiger partial charge in [-0.25, -0.2) is 9.37 Å². The van der Waals surface area contributed by atoms with Crippen LogP contribution in [0.15, 0.2) is 29.8 Å². The van der Waals surface area contributed by atoms with E-state index in [2.05, 4.69) is 23.9 Å². The molecule has 1 aromatic carbocycles. The van der Waals surface area contributed by atoms with Crippen LogP contribution < -0.4 is 5.73 Å². The molecule has 3 nitrogen and oxygen atoms in total. The number of thiazole rings is 1. The molecular weight excluding hydrogens is 285 g/mol. The van der Waals surface area contributed by atoms with Crippen molar-refractivity contribution in [1.82, 2.24) is 9.88 Å². The Bertz CT molecular complexity index is 581. The fourth-order valence-electron chi connectivity index (χ4n) is 2.29. The highest BCUT2D eigenvalue weighted by Gasteiger charge is 2.28. The molecule has 0 aliphatic heterocycles. The number of aryl methyl sites for hydroxylation is 1. The number of rotatable bonds is 6. The summed E-state index contributed by atoms with van der Waals surface area (Å²) in [5.41, 5.74) is 9.90. The maximum Gasteiger partial charge on any atom is 0.123 e. The van der Waals surface area contributed by atoms with Crippen LogP contribution in [0.3, 0.4) is 0 Å². The molecule has 0 amide bonds. The van der Waals surface area contributed by atoms with Crippen molar-refractivity contribution in [3.8, 4) is 0 Å². The van der Waals surface area contributed by atoms with Gasteiger partial charge in [-0.2, -0.15) is 0 Å². The molecule has 5 heteroatoms. The Labute approximate surface area is 129 Å². The summed E-state index contributed by atoms with van der Waals surface area (Å²) in [6.45, 7) is 5.54. The summed E-state index contributed by atoms with van der Waals surface area (Å²) in [6, 6.07) is 6.66. The van der Waals surface area contributed by atoms with E-state index in [1.54, 1.807) is 11.3 Å². The molecule has 1 aromatic heterocycles. The van der Waals surface area contributed by atoms with Crippen LogP contribution in [0.4, 0.5) is 4.39 Å². The molecule has 1 heterocycles. The number of hydrogen-bond donors (Lipinski definition) is 1. The molecule has 2 rings (SSSR count). The molecule has 21 heavy (non-hydrogen) atoms. The summed E-state index contributed by atoms with van der Waals surface area (Å²) < 4.78 is 13.0. The van der Waals surface area contributed by atoms with Crippen molar-refractivity contribution >= 4 is 11.3 Å². The highest BCUT2D eigenvalue weighted by molar-refractivity contribution is 7.09. The summed E-state index contributed by atoms with van der Waals surface area (Å²) in [5.74, 6) is -0.207. The van der Waals surface area contributed by atoms with Crippen molar-refractivity contribution in [2.75, 3.05) is 13.6 Å². The van der Waals surface area contributed by atoms with E-state index in [4.69, 9.17) is 5.73 Å². The number of halogens is 1. The Morgan fingerprint density at radius 1 is 1.33 bits per heavy atom. The van der Waals surface area contributed by atoms with Gasteiger partial charge in [-0.15, -0.1) is 11.3 Å². The van der Waals surface area contributed by atoms with E-state index in [0.717, 1.165) is 24.2 Å². The summed E-state index contributed by atoms with van der Waals surface area (Å²) in [7, 11) is 2.08. The Morgan fingerprint density at radius 2 is 2.00 bits per heavy atom. The molecule has 0 saturated heterocycles. The van der Waals surface area contributed by atoms with Crippen molar-refractivity contribution in [2.24, 2.45) is 5.73 Å². The highest BCUT2D eigenvalue weighted by atomic mass is 32.1. The van der Waals surface area contributed by atoms with E-state index < -0.39 is 0 Å². The molecule has 114 valence electrons. The molecular formula is C16H22FN3S. The Kier molecular flexibility index (Phi) is 5.08. The highest BCUT2D eigenvalue weighted by Crippen LogP contribution is 2.23. The lowest BCUT2D eigenvalue weighted by Gasteiger charge is -2.38. The first-order valence-electron chi connectivity index (χ1n) is 6.99. The first-order valence-corrected chi connectivity index (χ1v) is 7.87. The number of aromatic nitrogens is 1. The molecule has 0 aliphatic carbocycles. The Hall–Kier alpha value is -1.30. The van der Waals surface area contributed by atoms with Gasteiger partial charge in [0.25, 0.3) is 0 Å². The van der Waals surface area contributed by atoms with Gasteiger partial charge in [0.15, 0.2) is 0 Å². The SMILES string of the molecule is Cc1ncsc1CN(C)C(C)(CN)Cc1ccc(F)cc1. The first kappa shape index (κ1) is 16.1. The van der Waals surface area contributed by atoms with Gasteiger partial charge in [-0.3, -0.25) is 4.90 Å². The zero-order chi connectivity index (χ0) is 15.5. The monoisotopic (exact) mass is 307 g/mol. The van der Waals surface area contributed by atoms with Crippen LogP contribution in [0, 0.1) is 12.7 Å². The zero-order valence-corrected chi connectivity index (χ0v) is 13.6. The van der Waals surface area contributed by atoms with Crippen molar-refractivity contribution in [3.05, 3.63) is 51.7 Å². The fraction of sp³-hybridized carbons (Fsp3) is 0.438. The molecule has 1 atom stereocenters. The normalized spacial score (nSPS) is 14.4. The summed E-state index contributed by atoms with van der Waals surface area (Å²) in [4.78, 5) is 7.81. The van der Waals surface area contributed by atoms with E-state index in [9.17, 15) is 4.39 Å². The molecule has 0 spiro atoms. The van der Waals surface area contributed by atoms with Gasteiger partial charge in [0.05, 0.1) is 11.2 Å². The lowest BCUT2D eigenvalue weighted by molar-refractivity contribution is 0.137. The largest absolute Gasteiger partial charge is 0.329 e. The second kappa shape index (κ2) is 6.64. The van der Waals surface area contributed by atoms with Crippen molar-refractivity contribution in [3.63, 3.8) is 0 Å². The quantitative estimate of drug-likeness (QED) is 0.892. The fourth-order valence-corrected chi connectivity index (χ4v) is 3.12. The number of benzene rings is 1. The lowest BCUT2D eigenvalue weighted by Crippen LogP contribution is -2.50. The second-order valence-corrected chi connectivity index (χ2v) is 6.66. The van der Waals surface area contributed by atoms with Gasteiger partial charge in [0.2, 0.25) is 0 Å². The zero-order valence-electron chi connectivity index (χ0n) is 12.8. The average molecular weight is 307 g/mol. The number of hydrogen-bond acceptors (Lipinski definition) is 4. The molecule has 0 saturated carbocycles. The molecule has 0 radical (unpaired) electrons. The summed E-state index contributed by atoms with van der Waals surface area (Å²) in [6.07, 6.45) is 0.790. The predicted molar refractivity (Wildman–Crippen MR) is 85.9 cm³/mol. The maximum atomic E-state index is 13.0. The van der Waals surface area contributed by atoms with Gasteiger partial charge in [0.1, 0.15) is 5.82 Å². The number of nitrogens with zero attached hydrogens (tertiary/aromatic N) is 2. The topological polar surface area (TPSA) is 42.2 Å². The third-order valence-electron chi connectivity index (χ3n) is 4.09. The van der Waals surface area contributed by atoms with Crippen LogP contribution in [-0.2, 0) is 13.0 Å². The van der Waals surface area contributed by atoms with E-state index in [0.29, 0.717) is 6.54 Å². The number of likely N-dealkylation sites (N-methyl/N-ethyl adjacent to an activating group) is 1. The Morgan fingerprint density at radius 3 is 2.52 bits per heavy atom. The predicted octanol–water partition coefficient (Wildman–Crippen LogP) is 2.98. The second-order valence-electron chi connectivity index (χ2n) is 5.72. The molecule has 1 unspecified atom stereocenters. The molecule has 2 N–H and O–H groups in total. The lowest BCUT2D eigenvalue weighted by atomic mass is 9.91. The van der Waals surface area contributed by atoms with Gasteiger partial charge in [-0.1, -0.05) is 12.1 Å². The van der Waals surface area contributed by atoms with Crippen LogP contribution in [-0.4, -0.2) is 29.0 Å². The van der Waals surface area contributed by atoms with Gasteiger partial charge < -0.3 is 5.73 Å². The van der Waals surface area contributed by atoms with Crippen molar-refractivity contribution in [1.29, 1.82) is 0 Å².